The SMILES string of the molecule is COc1ccccc1C=NNc1nc(-c2ccc(C)cc2)c(NC(=O)c2ccc(F)cc2)s1. The van der Waals surface area contributed by atoms with Crippen molar-refractivity contribution in [2.24, 2.45) is 5.10 Å². The maximum atomic E-state index is 13.2. The van der Waals surface area contributed by atoms with Gasteiger partial charge in [0.25, 0.3) is 5.91 Å². The van der Waals surface area contributed by atoms with Gasteiger partial charge in [0.1, 0.15) is 22.3 Å². The molecule has 0 aliphatic heterocycles. The van der Waals surface area contributed by atoms with Gasteiger partial charge in [0.15, 0.2) is 0 Å². The van der Waals surface area contributed by atoms with E-state index in [-0.39, 0.29) is 5.91 Å². The fourth-order valence-corrected chi connectivity index (χ4v) is 3.90. The maximum absolute atomic E-state index is 13.2. The average molecular weight is 461 g/mol. The van der Waals surface area contributed by atoms with Crippen molar-refractivity contribution in [3.63, 3.8) is 0 Å². The molecule has 0 atom stereocenters. The van der Waals surface area contributed by atoms with E-state index in [1.165, 1.54) is 35.6 Å². The number of methoxy groups -OCH3 is 1. The molecule has 4 rings (SSSR count). The topological polar surface area (TPSA) is 75.6 Å². The molecule has 1 aromatic heterocycles. The Labute approximate surface area is 194 Å². The summed E-state index contributed by atoms with van der Waals surface area (Å²) < 4.78 is 18.5. The Morgan fingerprint density at radius 3 is 2.52 bits per heavy atom. The molecule has 166 valence electrons. The number of nitrogens with one attached hydrogen (secondary N) is 2. The number of para-hydroxylation sites is 1. The molecule has 1 amide bonds. The molecule has 8 heteroatoms. The number of halogens is 1. The highest BCUT2D eigenvalue weighted by Crippen LogP contribution is 2.36. The van der Waals surface area contributed by atoms with Crippen LogP contribution in [0.5, 0.6) is 5.75 Å². The van der Waals surface area contributed by atoms with Gasteiger partial charge < -0.3 is 10.1 Å². The summed E-state index contributed by atoms with van der Waals surface area (Å²) in [5.41, 5.74) is 6.68. The number of hydrogen-bond donors (Lipinski definition) is 2. The van der Waals surface area contributed by atoms with E-state index in [1.54, 1.807) is 13.3 Å². The third kappa shape index (κ3) is 5.42. The van der Waals surface area contributed by atoms with E-state index < -0.39 is 5.82 Å². The normalized spacial score (nSPS) is 10.9. The first-order chi connectivity index (χ1) is 16.0. The van der Waals surface area contributed by atoms with Crippen molar-refractivity contribution < 1.29 is 13.9 Å². The van der Waals surface area contributed by atoms with Gasteiger partial charge in [-0.2, -0.15) is 5.10 Å². The molecule has 2 N–H and O–H groups in total. The third-order valence-corrected chi connectivity index (χ3v) is 5.66. The van der Waals surface area contributed by atoms with Gasteiger partial charge in [0, 0.05) is 16.7 Å². The summed E-state index contributed by atoms with van der Waals surface area (Å²) in [6.07, 6.45) is 1.64. The first-order valence-corrected chi connectivity index (χ1v) is 10.9. The molecule has 0 unspecified atom stereocenters. The van der Waals surface area contributed by atoms with E-state index in [1.807, 2.05) is 55.5 Å². The molecule has 0 spiro atoms. The minimum atomic E-state index is -0.399. The van der Waals surface area contributed by atoms with Crippen LogP contribution >= 0.6 is 11.3 Å². The van der Waals surface area contributed by atoms with Crippen molar-refractivity contribution in [2.45, 2.75) is 6.92 Å². The van der Waals surface area contributed by atoms with Crippen LogP contribution in [0.15, 0.2) is 77.9 Å². The van der Waals surface area contributed by atoms with Gasteiger partial charge in [-0.05, 0) is 43.3 Å². The summed E-state index contributed by atoms with van der Waals surface area (Å²) in [6, 6.07) is 20.7. The van der Waals surface area contributed by atoms with Crippen LogP contribution in [0.3, 0.4) is 0 Å². The number of aromatic nitrogens is 1. The fourth-order valence-electron chi connectivity index (χ4n) is 3.07. The second-order valence-corrected chi connectivity index (χ2v) is 8.13. The zero-order valence-electron chi connectivity index (χ0n) is 18.0. The van der Waals surface area contributed by atoms with Crippen molar-refractivity contribution in [3.05, 3.63) is 95.3 Å². The number of aryl methyl sites for hydroxylation is 1. The van der Waals surface area contributed by atoms with Crippen molar-refractivity contribution in [1.29, 1.82) is 0 Å². The standard InChI is InChI=1S/C25H21FN4O2S/c1-16-7-9-17(10-8-16)22-24(29-23(31)18-11-13-20(26)14-12-18)33-25(28-22)30-27-15-19-5-3-4-6-21(19)32-2/h3-15H,1-2H3,(H,28,30)(H,29,31). The van der Waals surface area contributed by atoms with Gasteiger partial charge in [0.05, 0.1) is 13.3 Å². The lowest BCUT2D eigenvalue weighted by molar-refractivity contribution is 0.102. The maximum Gasteiger partial charge on any atom is 0.256 e. The molecule has 33 heavy (non-hydrogen) atoms. The Kier molecular flexibility index (Phi) is 6.75. The zero-order chi connectivity index (χ0) is 23.2. The van der Waals surface area contributed by atoms with E-state index in [0.29, 0.717) is 27.1 Å². The molecule has 3 aromatic carbocycles. The molecule has 1 heterocycles. The average Bonchev–Trinajstić information content (AvgIpc) is 3.22. The molecule has 0 saturated heterocycles. The van der Waals surface area contributed by atoms with Gasteiger partial charge in [-0.25, -0.2) is 9.37 Å². The van der Waals surface area contributed by atoms with Crippen LogP contribution in [0.2, 0.25) is 0 Å². The molecular weight excluding hydrogens is 439 g/mol. The highest BCUT2D eigenvalue weighted by Gasteiger charge is 2.16. The fraction of sp³-hybridized carbons (Fsp3) is 0.0800. The lowest BCUT2D eigenvalue weighted by Gasteiger charge is -2.06. The number of thiazole rings is 1. The molecule has 0 aliphatic rings. The van der Waals surface area contributed by atoms with E-state index in [9.17, 15) is 9.18 Å². The van der Waals surface area contributed by atoms with Gasteiger partial charge >= 0.3 is 0 Å². The number of ether oxygens (including phenoxy) is 1. The van der Waals surface area contributed by atoms with Crippen molar-refractivity contribution in [3.8, 4) is 17.0 Å². The lowest BCUT2D eigenvalue weighted by Crippen LogP contribution is -2.11. The van der Waals surface area contributed by atoms with Gasteiger partial charge in [0.2, 0.25) is 5.13 Å². The van der Waals surface area contributed by atoms with Crippen molar-refractivity contribution in [2.75, 3.05) is 17.9 Å². The van der Waals surface area contributed by atoms with Crippen LogP contribution < -0.4 is 15.5 Å². The second kappa shape index (κ2) is 10.1. The Morgan fingerprint density at radius 1 is 1.06 bits per heavy atom. The summed E-state index contributed by atoms with van der Waals surface area (Å²) in [4.78, 5) is 17.4. The first kappa shape index (κ1) is 22.2. The van der Waals surface area contributed by atoms with Gasteiger partial charge in [-0.15, -0.1) is 0 Å². The van der Waals surface area contributed by atoms with Crippen LogP contribution in [-0.2, 0) is 0 Å². The lowest BCUT2D eigenvalue weighted by atomic mass is 10.1. The number of amides is 1. The summed E-state index contributed by atoms with van der Waals surface area (Å²) >= 11 is 1.26. The summed E-state index contributed by atoms with van der Waals surface area (Å²) in [5.74, 6) is -0.0463. The summed E-state index contributed by atoms with van der Waals surface area (Å²) in [6.45, 7) is 2.00. The molecule has 0 fully saturated rings. The molecule has 0 radical (unpaired) electrons. The van der Waals surface area contributed by atoms with E-state index in [0.717, 1.165) is 16.7 Å². The number of anilines is 2. The largest absolute Gasteiger partial charge is 0.496 e. The van der Waals surface area contributed by atoms with E-state index in [2.05, 4.69) is 20.8 Å². The first-order valence-electron chi connectivity index (χ1n) is 10.1. The number of hydrogen-bond acceptors (Lipinski definition) is 6. The Balaban J connectivity index is 1.60. The van der Waals surface area contributed by atoms with Crippen molar-refractivity contribution in [1.82, 2.24) is 4.98 Å². The van der Waals surface area contributed by atoms with Crippen molar-refractivity contribution >= 4 is 33.6 Å². The molecule has 0 bridgehead atoms. The quantitative estimate of drug-likeness (QED) is 0.263. The number of carbonyl (C=O) groups is 1. The smallest absolute Gasteiger partial charge is 0.256 e. The minimum Gasteiger partial charge on any atom is -0.496 e. The number of nitrogens with zero attached hydrogens (tertiary/aromatic N) is 2. The second-order valence-electron chi connectivity index (χ2n) is 7.14. The van der Waals surface area contributed by atoms with Gasteiger partial charge in [-0.3, -0.25) is 10.2 Å². The van der Waals surface area contributed by atoms with Crippen LogP contribution in [0.4, 0.5) is 14.5 Å². The Bertz CT molecular complexity index is 1280. The monoisotopic (exact) mass is 460 g/mol. The third-order valence-electron chi connectivity index (χ3n) is 4.79. The minimum absolute atomic E-state index is 0.350. The Morgan fingerprint density at radius 2 is 1.79 bits per heavy atom. The predicted octanol–water partition coefficient (Wildman–Crippen LogP) is 5.96. The van der Waals surface area contributed by atoms with E-state index in [4.69, 9.17) is 4.74 Å². The van der Waals surface area contributed by atoms with Crippen LogP contribution in [0.25, 0.3) is 11.3 Å². The molecular formula is C25H21FN4O2S. The van der Waals surface area contributed by atoms with Crippen LogP contribution in [-0.4, -0.2) is 24.2 Å². The van der Waals surface area contributed by atoms with Gasteiger partial charge in [-0.1, -0.05) is 53.3 Å². The number of rotatable bonds is 7. The Hall–Kier alpha value is -4.04. The zero-order valence-corrected chi connectivity index (χ0v) is 18.8. The summed E-state index contributed by atoms with van der Waals surface area (Å²) in [5, 5.41) is 8.22. The number of benzene rings is 3. The highest BCUT2D eigenvalue weighted by atomic mass is 32.1. The predicted molar refractivity (Wildman–Crippen MR) is 131 cm³/mol. The molecule has 6 nitrogen and oxygen atoms in total. The molecule has 0 saturated carbocycles. The summed E-state index contributed by atoms with van der Waals surface area (Å²) in [7, 11) is 1.60. The van der Waals surface area contributed by atoms with Crippen LogP contribution in [0, 0.1) is 12.7 Å². The highest BCUT2D eigenvalue weighted by molar-refractivity contribution is 7.20. The van der Waals surface area contributed by atoms with E-state index >= 15 is 0 Å². The van der Waals surface area contributed by atoms with Crippen LogP contribution in [0.1, 0.15) is 21.5 Å². The molecule has 0 aliphatic carbocycles. The number of carbonyl (C=O) groups excluding carboxylic acids is 1. The molecule has 4 aromatic rings. The number of hydrazone groups is 1.